The summed E-state index contributed by atoms with van der Waals surface area (Å²) in [5, 5.41) is 7.55. The van der Waals surface area contributed by atoms with Gasteiger partial charge in [-0.3, -0.25) is 9.48 Å². The lowest BCUT2D eigenvalue weighted by Gasteiger charge is -2.27. The van der Waals surface area contributed by atoms with Gasteiger partial charge in [-0.25, -0.2) is 0 Å². The van der Waals surface area contributed by atoms with E-state index in [1.807, 2.05) is 6.20 Å². The topological polar surface area (TPSA) is 72.9 Å². The first kappa shape index (κ1) is 12.0. The van der Waals surface area contributed by atoms with Crippen molar-refractivity contribution in [3.63, 3.8) is 0 Å². The standard InChI is InChI=1S/C12H20N4O/c1-9-2-4-10(5-3-9)15-11-6-14-16(7-11)8-12(13)17/h6-7,9-10,15H,2-5,8H2,1H3,(H2,13,17). The maximum Gasteiger partial charge on any atom is 0.239 e. The molecule has 94 valence electrons. The minimum Gasteiger partial charge on any atom is -0.380 e. The Hall–Kier alpha value is -1.52. The highest BCUT2D eigenvalue weighted by Gasteiger charge is 2.18. The molecular weight excluding hydrogens is 216 g/mol. The molecule has 0 aromatic carbocycles. The Kier molecular flexibility index (Phi) is 3.66. The molecule has 0 saturated heterocycles. The molecule has 3 N–H and O–H groups in total. The first-order valence-corrected chi connectivity index (χ1v) is 6.21. The number of primary amides is 1. The fraction of sp³-hybridized carbons (Fsp3) is 0.667. The molecule has 5 nitrogen and oxygen atoms in total. The van der Waals surface area contributed by atoms with E-state index in [1.165, 1.54) is 25.7 Å². The largest absolute Gasteiger partial charge is 0.380 e. The van der Waals surface area contributed by atoms with Crippen LogP contribution in [0.15, 0.2) is 12.4 Å². The summed E-state index contributed by atoms with van der Waals surface area (Å²) in [6.07, 6.45) is 8.58. The molecule has 0 bridgehead atoms. The van der Waals surface area contributed by atoms with E-state index in [9.17, 15) is 4.79 Å². The normalized spacial score (nSPS) is 24.5. The van der Waals surface area contributed by atoms with Crippen molar-refractivity contribution < 1.29 is 4.79 Å². The summed E-state index contributed by atoms with van der Waals surface area (Å²) in [5.41, 5.74) is 6.09. The molecule has 1 fully saturated rings. The van der Waals surface area contributed by atoms with Crippen LogP contribution in [0.4, 0.5) is 5.69 Å². The van der Waals surface area contributed by atoms with Crippen LogP contribution in [0.5, 0.6) is 0 Å². The maximum absolute atomic E-state index is 10.7. The third kappa shape index (κ3) is 3.47. The van der Waals surface area contributed by atoms with E-state index in [-0.39, 0.29) is 12.5 Å². The number of nitrogens with zero attached hydrogens (tertiary/aromatic N) is 2. The van der Waals surface area contributed by atoms with Crippen LogP contribution >= 0.6 is 0 Å². The van der Waals surface area contributed by atoms with Crippen LogP contribution in [-0.4, -0.2) is 21.7 Å². The summed E-state index contributed by atoms with van der Waals surface area (Å²) in [7, 11) is 0. The Morgan fingerprint density at radius 1 is 1.53 bits per heavy atom. The van der Waals surface area contributed by atoms with E-state index < -0.39 is 0 Å². The number of nitrogens with one attached hydrogen (secondary N) is 1. The third-order valence-corrected chi connectivity index (χ3v) is 3.34. The van der Waals surface area contributed by atoms with Crippen molar-refractivity contribution in [1.82, 2.24) is 9.78 Å². The highest BCUT2D eigenvalue weighted by atomic mass is 16.1. The molecule has 17 heavy (non-hydrogen) atoms. The number of aromatic nitrogens is 2. The fourth-order valence-corrected chi connectivity index (χ4v) is 2.32. The van der Waals surface area contributed by atoms with Crippen LogP contribution < -0.4 is 11.1 Å². The van der Waals surface area contributed by atoms with Crippen LogP contribution in [0.1, 0.15) is 32.6 Å². The number of amides is 1. The first-order chi connectivity index (χ1) is 8.13. The average Bonchev–Trinajstić information content (AvgIpc) is 2.68. The number of carbonyl (C=O) groups excluding carboxylic acids is 1. The number of hydrogen-bond donors (Lipinski definition) is 2. The molecule has 1 heterocycles. The lowest BCUT2D eigenvalue weighted by atomic mass is 9.87. The summed E-state index contributed by atoms with van der Waals surface area (Å²) in [5.74, 6) is 0.483. The fourth-order valence-electron chi connectivity index (χ4n) is 2.32. The summed E-state index contributed by atoms with van der Waals surface area (Å²) >= 11 is 0. The molecule has 1 amide bonds. The molecule has 1 saturated carbocycles. The zero-order valence-electron chi connectivity index (χ0n) is 10.2. The Bertz CT molecular complexity index is 380. The van der Waals surface area contributed by atoms with Crippen molar-refractivity contribution in [3.8, 4) is 0 Å². The molecule has 1 aromatic heterocycles. The molecule has 2 rings (SSSR count). The quantitative estimate of drug-likeness (QED) is 0.829. The van der Waals surface area contributed by atoms with Gasteiger partial charge < -0.3 is 11.1 Å². The molecule has 1 aromatic rings. The first-order valence-electron chi connectivity index (χ1n) is 6.21. The van der Waals surface area contributed by atoms with Gasteiger partial charge in [0.1, 0.15) is 6.54 Å². The zero-order chi connectivity index (χ0) is 12.3. The van der Waals surface area contributed by atoms with Crippen molar-refractivity contribution in [3.05, 3.63) is 12.4 Å². The van der Waals surface area contributed by atoms with Crippen molar-refractivity contribution in [2.75, 3.05) is 5.32 Å². The number of nitrogens with two attached hydrogens (primary N) is 1. The van der Waals surface area contributed by atoms with Crippen molar-refractivity contribution in [2.24, 2.45) is 11.7 Å². The molecule has 0 atom stereocenters. The summed E-state index contributed by atoms with van der Waals surface area (Å²) in [6.45, 7) is 2.45. The van der Waals surface area contributed by atoms with Gasteiger partial charge in [0.05, 0.1) is 11.9 Å². The predicted molar refractivity (Wildman–Crippen MR) is 66.5 cm³/mol. The van der Waals surface area contributed by atoms with Gasteiger partial charge in [0.25, 0.3) is 0 Å². The highest BCUT2D eigenvalue weighted by molar-refractivity contribution is 5.73. The second-order valence-electron chi connectivity index (χ2n) is 4.99. The minimum atomic E-state index is -0.369. The third-order valence-electron chi connectivity index (χ3n) is 3.34. The number of anilines is 1. The van der Waals surface area contributed by atoms with Crippen LogP contribution in [0.3, 0.4) is 0 Å². The smallest absolute Gasteiger partial charge is 0.239 e. The molecule has 5 heteroatoms. The minimum absolute atomic E-state index is 0.142. The Morgan fingerprint density at radius 2 is 2.24 bits per heavy atom. The number of hydrogen-bond acceptors (Lipinski definition) is 3. The van der Waals surface area contributed by atoms with Gasteiger partial charge in [-0.05, 0) is 31.6 Å². The van der Waals surface area contributed by atoms with Crippen LogP contribution in [-0.2, 0) is 11.3 Å². The molecule has 0 spiro atoms. The van der Waals surface area contributed by atoms with Crippen molar-refractivity contribution in [1.29, 1.82) is 0 Å². The van der Waals surface area contributed by atoms with E-state index in [0.29, 0.717) is 6.04 Å². The Labute approximate surface area is 101 Å². The maximum atomic E-state index is 10.7. The van der Waals surface area contributed by atoms with Gasteiger partial charge in [-0.1, -0.05) is 6.92 Å². The SMILES string of the molecule is CC1CCC(Nc2cnn(CC(N)=O)c2)CC1. The second kappa shape index (κ2) is 5.21. The molecule has 0 aliphatic heterocycles. The van der Waals surface area contributed by atoms with E-state index >= 15 is 0 Å². The van der Waals surface area contributed by atoms with Gasteiger partial charge in [-0.2, -0.15) is 5.10 Å². The predicted octanol–water partition coefficient (Wildman–Crippen LogP) is 1.36. The van der Waals surface area contributed by atoms with Crippen LogP contribution in [0, 0.1) is 5.92 Å². The Morgan fingerprint density at radius 3 is 2.88 bits per heavy atom. The van der Waals surface area contributed by atoms with Gasteiger partial charge in [0.15, 0.2) is 0 Å². The molecule has 0 radical (unpaired) electrons. The molecule has 1 aliphatic rings. The van der Waals surface area contributed by atoms with E-state index in [2.05, 4.69) is 17.3 Å². The van der Waals surface area contributed by atoms with Crippen molar-refractivity contribution in [2.45, 2.75) is 45.2 Å². The molecule has 0 unspecified atom stereocenters. The molecule has 1 aliphatic carbocycles. The van der Waals surface area contributed by atoms with Gasteiger partial charge in [-0.15, -0.1) is 0 Å². The monoisotopic (exact) mass is 236 g/mol. The average molecular weight is 236 g/mol. The van der Waals surface area contributed by atoms with Crippen LogP contribution in [0.2, 0.25) is 0 Å². The molecular formula is C12H20N4O. The number of rotatable bonds is 4. The summed E-state index contributed by atoms with van der Waals surface area (Å²) in [4.78, 5) is 10.7. The highest BCUT2D eigenvalue weighted by Crippen LogP contribution is 2.25. The van der Waals surface area contributed by atoms with E-state index in [1.54, 1.807) is 10.9 Å². The second-order valence-corrected chi connectivity index (χ2v) is 4.99. The van der Waals surface area contributed by atoms with Gasteiger partial charge in [0, 0.05) is 12.2 Å². The van der Waals surface area contributed by atoms with E-state index in [0.717, 1.165) is 11.6 Å². The number of carbonyl (C=O) groups is 1. The lowest BCUT2D eigenvalue weighted by Crippen LogP contribution is -2.25. The lowest BCUT2D eigenvalue weighted by molar-refractivity contribution is -0.118. The van der Waals surface area contributed by atoms with Crippen molar-refractivity contribution >= 4 is 11.6 Å². The van der Waals surface area contributed by atoms with Gasteiger partial charge in [0.2, 0.25) is 5.91 Å². The Balaban J connectivity index is 1.86. The van der Waals surface area contributed by atoms with Crippen LogP contribution in [0.25, 0.3) is 0 Å². The zero-order valence-corrected chi connectivity index (χ0v) is 10.2. The summed E-state index contributed by atoms with van der Waals surface area (Å²) < 4.78 is 1.57. The van der Waals surface area contributed by atoms with E-state index in [4.69, 9.17) is 5.73 Å². The summed E-state index contributed by atoms with van der Waals surface area (Å²) in [6, 6.07) is 0.539. The van der Waals surface area contributed by atoms with Gasteiger partial charge >= 0.3 is 0 Å².